The summed E-state index contributed by atoms with van der Waals surface area (Å²) in [4.78, 5) is 11.0. The molecule has 1 aliphatic heterocycles. The third-order valence-corrected chi connectivity index (χ3v) is 3.24. The third-order valence-electron chi connectivity index (χ3n) is 2.35. The molecule has 2 rings (SSSR count). The van der Waals surface area contributed by atoms with Crippen molar-refractivity contribution in [2.75, 3.05) is 6.61 Å². The zero-order valence-corrected chi connectivity index (χ0v) is 9.08. The SMILES string of the molecule is NC(=O)c1cc(S(N)(=O)=O)cc2c1OCC2. The Hall–Kier alpha value is -1.60. The molecule has 0 saturated carbocycles. The Balaban J connectivity index is 2.70. The molecule has 1 heterocycles. The minimum atomic E-state index is -3.84. The van der Waals surface area contributed by atoms with Gasteiger partial charge in [0, 0.05) is 6.42 Å². The highest BCUT2D eigenvalue weighted by molar-refractivity contribution is 7.89. The molecule has 86 valence electrons. The molecule has 0 aromatic heterocycles. The molecule has 0 fully saturated rings. The zero-order valence-electron chi connectivity index (χ0n) is 8.26. The minimum Gasteiger partial charge on any atom is -0.492 e. The highest BCUT2D eigenvalue weighted by Crippen LogP contribution is 2.31. The Labute approximate surface area is 92.2 Å². The van der Waals surface area contributed by atoms with Crippen LogP contribution in [0.5, 0.6) is 5.75 Å². The highest BCUT2D eigenvalue weighted by atomic mass is 32.2. The van der Waals surface area contributed by atoms with Gasteiger partial charge in [-0.2, -0.15) is 0 Å². The number of fused-ring (bicyclic) bond motifs is 1. The average molecular weight is 242 g/mol. The number of amides is 1. The molecule has 0 aliphatic carbocycles. The van der Waals surface area contributed by atoms with E-state index in [1.165, 1.54) is 6.07 Å². The topological polar surface area (TPSA) is 112 Å². The number of primary sulfonamides is 1. The lowest BCUT2D eigenvalue weighted by molar-refractivity contribution is 0.0997. The van der Waals surface area contributed by atoms with E-state index in [4.69, 9.17) is 15.6 Å². The van der Waals surface area contributed by atoms with Crippen molar-refractivity contribution >= 4 is 15.9 Å². The van der Waals surface area contributed by atoms with Gasteiger partial charge in [0.1, 0.15) is 5.75 Å². The number of carbonyl (C=O) groups is 1. The predicted molar refractivity (Wildman–Crippen MR) is 55.5 cm³/mol. The molecule has 1 aromatic rings. The molecular formula is C9H10N2O4S. The standard InChI is InChI=1S/C9H10N2O4S/c10-9(12)7-4-6(16(11,13)14)3-5-1-2-15-8(5)7/h3-4H,1-2H2,(H2,10,12)(H2,11,13,14). The quantitative estimate of drug-likeness (QED) is 0.718. The molecule has 0 saturated heterocycles. The van der Waals surface area contributed by atoms with Gasteiger partial charge in [0.2, 0.25) is 10.0 Å². The second kappa shape index (κ2) is 3.46. The maximum Gasteiger partial charge on any atom is 0.252 e. The van der Waals surface area contributed by atoms with Crippen LogP contribution in [0, 0.1) is 0 Å². The summed E-state index contributed by atoms with van der Waals surface area (Å²) in [6.07, 6.45) is 0.541. The molecular weight excluding hydrogens is 232 g/mol. The van der Waals surface area contributed by atoms with Crippen LogP contribution >= 0.6 is 0 Å². The smallest absolute Gasteiger partial charge is 0.252 e. The largest absolute Gasteiger partial charge is 0.492 e. The molecule has 1 aliphatic rings. The summed E-state index contributed by atoms with van der Waals surface area (Å²) in [6, 6.07) is 2.55. The molecule has 1 amide bonds. The molecule has 0 atom stereocenters. The van der Waals surface area contributed by atoms with Crippen molar-refractivity contribution < 1.29 is 17.9 Å². The Morgan fingerprint density at radius 2 is 2.06 bits per heavy atom. The van der Waals surface area contributed by atoms with Gasteiger partial charge in [-0.1, -0.05) is 0 Å². The first-order valence-corrected chi connectivity index (χ1v) is 6.06. The van der Waals surface area contributed by atoms with Crippen molar-refractivity contribution in [3.05, 3.63) is 23.3 Å². The van der Waals surface area contributed by atoms with Crippen LogP contribution in [0.4, 0.5) is 0 Å². The Morgan fingerprint density at radius 3 is 2.62 bits per heavy atom. The minimum absolute atomic E-state index is 0.0547. The van der Waals surface area contributed by atoms with Gasteiger partial charge in [-0.25, -0.2) is 13.6 Å². The summed E-state index contributed by atoms with van der Waals surface area (Å²) < 4.78 is 27.6. The normalized spacial score (nSPS) is 14.3. The fourth-order valence-electron chi connectivity index (χ4n) is 1.63. The summed E-state index contributed by atoms with van der Waals surface area (Å²) in [6.45, 7) is 0.406. The van der Waals surface area contributed by atoms with Crippen molar-refractivity contribution in [1.29, 1.82) is 0 Å². The molecule has 16 heavy (non-hydrogen) atoms. The monoisotopic (exact) mass is 242 g/mol. The number of primary amides is 1. The first-order valence-electron chi connectivity index (χ1n) is 4.52. The van der Waals surface area contributed by atoms with Crippen LogP contribution in [0.2, 0.25) is 0 Å². The Kier molecular flexibility index (Phi) is 2.36. The van der Waals surface area contributed by atoms with Crippen LogP contribution in [0.3, 0.4) is 0 Å². The fraction of sp³-hybridized carbons (Fsp3) is 0.222. The highest BCUT2D eigenvalue weighted by Gasteiger charge is 2.23. The van der Waals surface area contributed by atoms with Crippen LogP contribution in [0.25, 0.3) is 0 Å². The molecule has 6 nitrogen and oxygen atoms in total. The van der Waals surface area contributed by atoms with Gasteiger partial charge >= 0.3 is 0 Å². The summed E-state index contributed by atoms with van der Waals surface area (Å²) in [5, 5.41) is 5.00. The first-order chi connectivity index (χ1) is 7.39. The third kappa shape index (κ3) is 1.74. The summed E-state index contributed by atoms with van der Waals surface area (Å²) in [7, 11) is -3.84. The number of ether oxygens (including phenoxy) is 1. The molecule has 0 spiro atoms. The van der Waals surface area contributed by atoms with Crippen LogP contribution < -0.4 is 15.6 Å². The van der Waals surface area contributed by atoms with Crippen molar-refractivity contribution in [3.8, 4) is 5.75 Å². The van der Waals surface area contributed by atoms with Crippen molar-refractivity contribution in [2.45, 2.75) is 11.3 Å². The van der Waals surface area contributed by atoms with Gasteiger partial charge < -0.3 is 10.5 Å². The summed E-state index contributed by atoms with van der Waals surface area (Å²) in [5.41, 5.74) is 5.84. The van der Waals surface area contributed by atoms with Crippen molar-refractivity contribution in [1.82, 2.24) is 0 Å². The van der Waals surface area contributed by atoms with Crippen LogP contribution in [0.1, 0.15) is 15.9 Å². The van der Waals surface area contributed by atoms with E-state index in [0.717, 1.165) is 6.07 Å². The van der Waals surface area contributed by atoms with E-state index in [1.807, 2.05) is 0 Å². The lowest BCUT2D eigenvalue weighted by Crippen LogP contribution is -2.16. The molecule has 0 radical (unpaired) electrons. The maximum atomic E-state index is 11.2. The number of hydrogen-bond acceptors (Lipinski definition) is 4. The lowest BCUT2D eigenvalue weighted by Gasteiger charge is -2.07. The lowest BCUT2D eigenvalue weighted by atomic mass is 10.1. The maximum absolute atomic E-state index is 11.2. The Morgan fingerprint density at radius 1 is 1.38 bits per heavy atom. The van der Waals surface area contributed by atoms with E-state index in [-0.39, 0.29) is 10.5 Å². The van der Waals surface area contributed by atoms with E-state index in [0.29, 0.717) is 24.3 Å². The molecule has 0 bridgehead atoms. The van der Waals surface area contributed by atoms with Gasteiger partial charge in [-0.3, -0.25) is 4.79 Å². The zero-order chi connectivity index (χ0) is 11.9. The van der Waals surface area contributed by atoms with Crippen LogP contribution in [-0.4, -0.2) is 20.9 Å². The van der Waals surface area contributed by atoms with Crippen LogP contribution in [-0.2, 0) is 16.4 Å². The number of hydrogen-bond donors (Lipinski definition) is 2. The van der Waals surface area contributed by atoms with Gasteiger partial charge in [-0.05, 0) is 17.7 Å². The number of benzene rings is 1. The molecule has 0 unspecified atom stereocenters. The predicted octanol–water partition coefficient (Wildman–Crippen LogP) is -0.632. The van der Waals surface area contributed by atoms with Gasteiger partial charge in [0.25, 0.3) is 5.91 Å². The van der Waals surface area contributed by atoms with Crippen LogP contribution in [0.15, 0.2) is 17.0 Å². The van der Waals surface area contributed by atoms with Gasteiger partial charge in [0.05, 0.1) is 17.1 Å². The first kappa shape index (κ1) is 10.9. The van der Waals surface area contributed by atoms with E-state index in [1.54, 1.807) is 0 Å². The van der Waals surface area contributed by atoms with E-state index in [9.17, 15) is 13.2 Å². The fourth-order valence-corrected chi connectivity index (χ4v) is 2.21. The summed E-state index contributed by atoms with van der Waals surface area (Å²) >= 11 is 0. The van der Waals surface area contributed by atoms with Gasteiger partial charge in [-0.15, -0.1) is 0 Å². The second-order valence-corrected chi connectivity index (χ2v) is 5.03. The second-order valence-electron chi connectivity index (χ2n) is 3.47. The van der Waals surface area contributed by atoms with E-state index < -0.39 is 15.9 Å². The molecule has 1 aromatic carbocycles. The van der Waals surface area contributed by atoms with Crippen molar-refractivity contribution in [3.63, 3.8) is 0 Å². The molecule has 7 heteroatoms. The van der Waals surface area contributed by atoms with Gasteiger partial charge in [0.15, 0.2) is 0 Å². The molecule has 4 N–H and O–H groups in total. The average Bonchev–Trinajstić information content (AvgIpc) is 2.61. The number of carbonyl (C=O) groups excluding carboxylic acids is 1. The van der Waals surface area contributed by atoms with E-state index >= 15 is 0 Å². The number of rotatable bonds is 2. The summed E-state index contributed by atoms with van der Waals surface area (Å²) in [5.74, 6) is -0.372. The van der Waals surface area contributed by atoms with E-state index in [2.05, 4.69) is 0 Å². The number of nitrogens with two attached hydrogens (primary N) is 2. The Bertz CT molecular complexity index is 565. The number of sulfonamides is 1. The van der Waals surface area contributed by atoms with Crippen molar-refractivity contribution in [2.24, 2.45) is 10.9 Å².